The number of carbonyl (C=O) groups is 3. The van der Waals surface area contributed by atoms with E-state index in [2.05, 4.69) is 5.32 Å². The summed E-state index contributed by atoms with van der Waals surface area (Å²) >= 11 is 2.85. The molecular weight excluding hydrogens is 508 g/mol. The highest BCUT2D eigenvalue weighted by molar-refractivity contribution is 8.17. The highest BCUT2D eigenvalue weighted by atomic mass is 32.2. The minimum Gasteiger partial charge on any atom is -0.480 e. The van der Waals surface area contributed by atoms with E-state index in [1.165, 1.54) is 23.5 Å². The molecule has 5 rings (SSSR count). The van der Waals surface area contributed by atoms with Gasteiger partial charge >= 0.3 is 5.97 Å². The van der Waals surface area contributed by atoms with Gasteiger partial charge in [-0.15, -0.1) is 23.5 Å². The zero-order valence-corrected chi connectivity index (χ0v) is 21.5. The van der Waals surface area contributed by atoms with E-state index in [1.54, 1.807) is 29.2 Å². The second kappa shape index (κ2) is 10.6. The summed E-state index contributed by atoms with van der Waals surface area (Å²) in [6.07, 6.45) is 0.167. The Morgan fingerprint density at radius 3 is 2.24 bits per heavy atom. The van der Waals surface area contributed by atoms with Crippen LogP contribution in [-0.4, -0.2) is 55.4 Å². The first-order chi connectivity index (χ1) is 17.9. The van der Waals surface area contributed by atoms with Gasteiger partial charge in [0.05, 0.1) is 17.6 Å². The Balaban J connectivity index is 1.43. The quantitative estimate of drug-likeness (QED) is 0.381. The lowest BCUT2D eigenvalue weighted by molar-refractivity contribution is -0.155. The number of nitrogens with zero attached hydrogens (tertiary/aromatic N) is 1. The third-order valence-electron chi connectivity index (χ3n) is 6.77. The Hall–Kier alpha value is -3.27. The van der Waals surface area contributed by atoms with Crippen molar-refractivity contribution >= 4 is 41.3 Å². The molecule has 9 heteroatoms. The third-order valence-corrected chi connectivity index (χ3v) is 10.0. The van der Waals surface area contributed by atoms with E-state index < -0.39 is 22.0 Å². The highest BCUT2D eigenvalue weighted by Gasteiger charge is 2.62. The standard InChI is InChI=1S/C28H26N2O5S2/c31-16-19-11-13-20(14-12-19)28(26(34)35)17-30-24(33)23(29-22(32)15-18-7-3-1-4-8-18)25(30)37-27(28)36-21-9-5-2-6-10-21/h1-14,23,25,27,31H,15-17H2,(H,29,32)(H,34,35)/t23-,25-,27?,28?/m1/s1. The number of aliphatic hydroxyl groups is 1. The lowest BCUT2D eigenvalue weighted by atomic mass is 9.79. The third kappa shape index (κ3) is 4.86. The topological polar surface area (TPSA) is 107 Å². The Morgan fingerprint density at radius 2 is 1.62 bits per heavy atom. The minimum absolute atomic E-state index is 0.00708. The van der Waals surface area contributed by atoms with Crippen LogP contribution in [0.3, 0.4) is 0 Å². The summed E-state index contributed by atoms with van der Waals surface area (Å²) in [4.78, 5) is 41.3. The van der Waals surface area contributed by atoms with Crippen LogP contribution in [0.15, 0.2) is 89.8 Å². The van der Waals surface area contributed by atoms with Crippen LogP contribution in [0, 0.1) is 0 Å². The summed E-state index contributed by atoms with van der Waals surface area (Å²) in [5, 5.41) is 22.6. The van der Waals surface area contributed by atoms with E-state index in [1.807, 2.05) is 60.7 Å². The molecule has 0 spiro atoms. The molecule has 0 aliphatic carbocycles. The zero-order valence-electron chi connectivity index (χ0n) is 19.8. The number of carbonyl (C=O) groups excluding carboxylic acids is 2. The number of β-lactam (4-membered cyclic amide) rings is 1. The largest absolute Gasteiger partial charge is 0.480 e. The van der Waals surface area contributed by atoms with Gasteiger partial charge in [-0.3, -0.25) is 14.4 Å². The number of hydrogen-bond donors (Lipinski definition) is 3. The fraction of sp³-hybridized carbons (Fsp3) is 0.250. The number of fused-ring (bicyclic) bond motifs is 1. The van der Waals surface area contributed by atoms with Crippen LogP contribution in [-0.2, 0) is 32.8 Å². The SMILES string of the molecule is O=C(Cc1ccccc1)N[C@@H]1C(=O)N2CC(C(=O)O)(c3ccc(CO)cc3)C(Sc3ccccc3)S[C@H]12. The molecule has 0 radical (unpaired) electrons. The Kier molecular flexibility index (Phi) is 7.28. The number of benzene rings is 3. The average Bonchev–Trinajstić information content (AvgIpc) is 2.92. The minimum atomic E-state index is -1.38. The van der Waals surface area contributed by atoms with Crippen LogP contribution in [0.5, 0.6) is 0 Å². The summed E-state index contributed by atoms with van der Waals surface area (Å²) in [6, 6.07) is 25.1. The molecule has 2 aliphatic rings. The predicted octanol–water partition coefficient (Wildman–Crippen LogP) is 3.26. The number of aliphatic carboxylic acids is 1. The second-order valence-electron chi connectivity index (χ2n) is 9.09. The van der Waals surface area contributed by atoms with Gasteiger partial charge in [0.15, 0.2) is 0 Å². The molecule has 3 N–H and O–H groups in total. The molecule has 0 aromatic heterocycles. The fourth-order valence-electron chi connectivity index (χ4n) is 4.75. The highest BCUT2D eigenvalue weighted by Crippen LogP contribution is 2.54. The number of nitrogens with one attached hydrogen (secondary N) is 1. The second-order valence-corrected chi connectivity index (χ2v) is 11.8. The molecule has 2 fully saturated rings. The predicted molar refractivity (Wildman–Crippen MR) is 143 cm³/mol. The Bertz CT molecular complexity index is 1290. The van der Waals surface area contributed by atoms with Crippen LogP contribution in [0.2, 0.25) is 0 Å². The van der Waals surface area contributed by atoms with Crippen molar-refractivity contribution in [3.63, 3.8) is 0 Å². The van der Waals surface area contributed by atoms with E-state index in [9.17, 15) is 24.6 Å². The first-order valence-electron chi connectivity index (χ1n) is 11.9. The molecule has 2 aliphatic heterocycles. The molecule has 37 heavy (non-hydrogen) atoms. The van der Waals surface area contributed by atoms with Gasteiger partial charge in [-0.05, 0) is 28.8 Å². The normalized spacial score (nSPS) is 24.6. The number of thioether (sulfide) groups is 2. The van der Waals surface area contributed by atoms with Gasteiger partial charge in [0.2, 0.25) is 11.8 Å². The maximum Gasteiger partial charge on any atom is 0.317 e. The summed E-state index contributed by atoms with van der Waals surface area (Å²) < 4.78 is -0.477. The monoisotopic (exact) mass is 534 g/mol. The summed E-state index contributed by atoms with van der Waals surface area (Å²) in [5.41, 5.74) is 0.721. The van der Waals surface area contributed by atoms with E-state index >= 15 is 0 Å². The fourth-order valence-corrected chi connectivity index (χ4v) is 8.18. The molecule has 2 amide bonds. The first kappa shape index (κ1) is 25.4. The molecule has 4 atom stereocenters. The molecule has 0 bridgehead atoms. The Morgan fingerprint density at radius 1 is 0.973 bits per heavy atom. The van der Waals surface area contributed by atoms with Crippen molar-refractivity contribution in [1.82, 2.24) is 10.2 Å². The first-order valence-corrected chi connectivity index (χ1v) is 13.7. The van der Waals surface area contributed by atoms with Crippen LogP contribution in [0.4, 0.5) is 0 Å². The van der Waals surface area contributed by atoms with Crippen molar-refractivity contribution in [2.75, 3.05) is 6.54 Å². The van der Waals surface area contributed by atoms with E-state index in [0.29, 0.717) is 11.1 Å². The molecular formula is C28H26N2O5S2. The molecule has 2 unspecified atom stereocenters. The molecule has 2 heterocycles. The van der Waals surface area contributed by atoms with Gasteiger partial charge in [0.25, 0.3) is 0 Å². The van der Waals surface area contributed by atoms with Gasteiger partial charge in [-0.25, -0.2) is 0 Å². The number of carboxylic acids is 1. The number of rotatable bonds is 8. The van der Waals surface area contributed by atoms with Crippen molar-refractivity contribution in [3.05, 3.63) is 102 Å². The van der Waals surface area contributed by atoms with Crippen LogP contribution in [0.1, 0.15) is 16.7 Å². The van der Waals surface area contributed by atoms with Crippen LogP contribution in [0.25, 0.3) is 0 Å². The molecule has 3 aromatic carbocycles. The van der Waals surface area contributed by atoms with Gasteiger partial charge in [0, 0.05) is 11.4 Å². The Labute approximate surface area is 223 Å². The van der Waals surface area contributed by atoms with Gasteiger partial charge in [-0.1, -0.05) is 72.8 Å². The number of amides is 2. The lowest BCUT2D eigenvalue weighted by Gasteiger charge is -2.56. The van der Waals surface area contributed by atoms with Crippen molar-refractivity contribution < 1.29 is 24.6 Å². The summed E-state index contributed by atoms with van der Waals surface area (Å²) in [7, 11) is 0. The molecule has 7 nitrogen and oxygen atoms in total. The number of aliphatic hydroxyl groups excluding tert-OH is 1. The number of carboxylic acid groups (broad SMARTS) is 1. The average molecular weight is 535 g/mol. The summed E-state index contributed by atoms with van der Waals surface area (Å²) in [6.45, 7) is -0.152. The maximum atomic E-state index is 13.2. The molecule has 2 saturated heterocycles. The van der Waals surface area contributed by atoms with E-state index in [-0.39, 0.29) is 36.8 Å². The van der Waals surface area contributed by atoms with Crippen LogP contribution >= 0.6 is 23.5 Å². The molecule has 190 valence electrons. The van der Waals surface area contributed by atoms with Crippen molar-refractivity contribution in [1.29, 1.82) is 0 Å². The smallest absolute Gasteiger partial charge is 0.317 e. The lowest BCUT2D eigenvalue weighted by Crippen LogP contribution is -2.75. The molecule has 0 saturated carbocycles. The van der Waals surface area contributed by atoms with E-state index in [4.69, 9.17) is 0 Å². The van der Waals surface area contributed by atoms with Crippen molar-refractivity contribution in [3.8, 4) is 0 Å². The van der Waals surface area contributed by atoms with Gasteiger partial charge in [0.1, 0.15) is 16.8 Å². The number of hydrogen-bond acceptors (Lipinski definition) is 6. The summed E-state index contributed by atoms with van der Waals surface area (Å²) in [5.74, 6) is -1.54. The van der Waals surface area contributed by atoms with Gasteiger partial charge < -0.3 is 20.4 Å². The maximum absolute atomic E-state index is 13.2. The van der Waals surface area contributed by atoms with E-state index in [0.717, 1.165) is 10.5 Å². The zero-order chi connectivity index (χ0) is 26.0. The van der Waals surface area contributed by atoms with Crippen molar-refractivity contribution in [2.45, 2.75) is 39.3 Å². The van der Waals surface area contributed by atoms with Gasteiger partial charge in [-0.2, -0.15) is 0 Å². The molecule has 3 aromatic rings. The van der Waals surface area contributed by atoms with Crippen LogP contribution < -0.4 is 5.32 Å². The van der Waals surface area contributed by atoms with Crippen molar-refractivity contribution in [2.24, 2.45) is 0 Å².